The smallest absolute Gasteiger partial charge is 0.256 e. The van der Waals surface area contributed by atoms with Gasteiger partial charge in [0, 0.05) is 17.5 Å². The Morgan fingerprint density at radius 2 is 1.59 bits per heavy atom. The van der Waals surface area contributed by atoms with Crippen molar-refractivity contribution < 1.29 is 9.18 Å². The van der Waals surface area contributed by atoms with Gasteiger partial charge in [0.05, 0.1) is 11.1 Å². The lowest BCUT2D eigenvalue weighted by molar-refractivity contribution is 0.102. The first-order chi connectivity index (χ1) is 14.1. The molecule has 4 aromatic rings. The fourth-order valence-corrected chi connectivity index (χ4v) is 3.51. The molecular weight excluding hydrogens is 367 g/mol. The lowest BCUT2D eigenvalue weighted by Gasteiger charge is -2.20. The van der Waals surface area contributed by atoms with Crippen molar-refractivity contribution in [2.75, 3.05) is 5.32 Å². The summed E-state index contributed by atoms with van der Waals surface area (Å²) in [4.78, 5) is 26.2. The number of rotatable bonds is 4. The van der Waals surface area contributed by atoms with Gasteiger partial charge in [-0.05, 0) is 48.9 Å². The highest BCUT2D eigenvalue weighted by molar-refractivity contribution is 6.06. The molecule has 0 saturated carbocycles. The van der Waals surface area contributed by atoms with Crippen LogP contribution >= 0.6 is 0 Å². The molecule has 5 heteroatoms. The number of amides is 1. The molecule has 0 bridgehead atoms. The number of fused-ring (bicyclic) bond motifs is 1. The van der Waals surface area contributed by atoms with Crippen LogP contribution in [0.25, 0.3) is 22.0 Å². The van der Waals surface area contributed by atoms with Crippen molar-refractivity contribution >= 4 is 22.6 Å². The van der Waals surface area contributed by atoms with E-state index in [1.807, 2.05) is 60.0 Å². The summed E-state index contributed by atoms with van der Waals surface area (Å²) in [5, 5.41) is 3.49. The topological polar surface area (TPSA) is 51.1 Å². The molecule has 0 atom stereocenters. The van der Waals surface area contributed by atoms with Crippen molar-refractivity contribution in [3.05, 3.63) is 100 Å². The lowest BCUT2D eigenvalue weighted by Crippen LogP contribution is -2.22. The van der Waals surface area contributed by atoms with Crippen LogP contribution in [-0.4, -0.2) is 10.5 Å². The fraction of sp³-hybridized carbons (Fsp3) is 0.0833. The van der Waals surface area contributed by atoms with Gasteiger partial charge in [0.15, 0.2) is 5.43 Å². The van der Waals surface area contributed by atoms with E-state index in [1.165, 1.54) is 24.3 Å². The van der Waals surface area contributed by atoms with Crippen LogP contribution in [0, 0.1) is 5.82 Å². The third kappa shape index (κ3) is 3.43. The molecule has 144 valence electrons. The second-order valence-electron chi connectivity index (χ2n) is 6.64. The minimum atomic E-state index is -0.414. The molecule has 4 nitrogen and oxygen atoms in total. The molecule has 29 heavy (non-hydrogen) atoms. The summed E-state index contributed by atoms with van der Waals surface area (Å²) in [6.45, 7) is 2.51. The predicted molar refractivity (Wildman–Crippen MR) is 114 cm³/mol. The van der Waals surface area contributed by atoms with E-state index >= 15 is 0 Å². The van der Waals surface area contributed by atoms with E-state index in [0.717, 1.165) is 11.1 Å². The monoisotopic (exact) mass is 386 g/mol. The highest BCUT2D eigenvalue weighted by Crippen LogP contribution is 2.29. The summed E-state index contributed by atoms with van der Waals surface area (Å²) in [7, 11) is 0. The second kappa shape index (κ2) is 7.72. The Bertz CT molecular complexity index is 1250. The molecule has 0 aliphatic carbocycles. The largest absolute Gasteiger partial charge is 0.327 e. The van der Waals surface area contributed by atoms with E-state index in [4.69, 9.17) is 0 Å². The minimum absolute atomic E-state index is 0.147. The third-order valence-corrected chi connectivity index (χ3v) is 4.89. The lowest BCUT2D eigenvalue weighted by atomic mass is 10.0. The predicted octanol–water partition coefficient (Wildman–Crippen LogP) is 5.08. The number of aromatic nitrogens is 1. The van der Waals surface area contributed by atoms with E-state index in [2.05, 4.69) is 5.32 Å². The summed E-state index contributed by atoms with van der Waals surface area (Å²) < 4.78 is 15.1. The number of hydrogen-bond donors (Lipinski definition) is 1. The Labute approximate surface area is 167 Å². The zero-order valence-corrected chi connectivity index (χ0v) is 15.9. The molecule has 0 fully saturated rings. The van der Waals surface area contributed by atoms with E-state index in [0.29, 0.717) is 28.9 Å². The van der Waals surface area contributed by atoms with Gasteiger partial charge >= 0.3 is 0 Å². The van der Waals surface area contributed by atoms with Crippen molar-refractivity contribution in [1.29, 1.82) is 0 Å². The highest BCUT2D eigenvalue weighted by Gasteiger charge is 2.20. The van der Waals surface area contributed by atoms with Gasteiger partial charge in [0.2, 0.25) is 0 Å². The highest BCUT2D eigenvalue weighted by atomic mass is 19.1. The van der Waals surface area contributed by atoms with Gasteiger partial charge in [0.25, 0.3) is 5.91 Å². The van der Waals surface area contributed by atoms with Gasteiger partial charge in [-0.25, -0.2) is 4.39 Å². The summed E-state index contributed by atoms with van der Waals surface area (Å²) >= 11 is 0. The molecule has 4 rings (SSSR count). The van der Waals surface area contributed by atoms with Crippen LogP contribution in [0.5, 0.6) is 0 Å². The summed E-state index contributed by atoms with van der Waals surface area (Å²) in [6, 6.07) is 21.9. The van der Waals surface area contributed by atoms with E-state index in [-0.39, 0.29) is 5.43 Å². The van der Waals surface area contributed by atoms with Crippen LogP contribution in [0.3, 0.4) is 0 Å². The van der Waals surface area contributed by atoms with Crippen molar-refractivity contribution in [1.82, 2.24) is 4.57 Å². The molecular formula is C24H19FN2O2. The number of carbonyl (C=O) groups is 1. The third-order valence-electron chi connectivity index (χ3n) is 4.89. The molecule has 1 N–H and O–H groups in total. The van der Waals surface area contributed by atoms with Gasteiger partial charge in [-0.3, -0.25) is 9.59 Å². The van der Waals surface area contributed by atoms with Gasteiger partial charge in [-0.15, -0.1) is 0 Å². The Balaban J connectivity index is 1.97. The molecule has 0 aliphatic heterocycles. The Hall–Kier alpha value is -3.73. The van der Waals surface area contributed by atoms with Crippen molar-refractivity contribution in [3.8, 4) is 11.1 Å². The van der Waals surface area contributed by atoms with Crippen molar-refractivity contribution in [3.63, 3.8) is 0 Å². The Kier molecular flexibility index (Phi) is 4.96. The van der Waals surface area contributed by atoms with Crippen LogP contribution in [0.2, 0.25) is 0 Å². The van der Waals surface area contributed by atoms with Gasteiger partial charge in [-0.1, -0.05) is 42.5 Å². The number of para-hydroxylation sites is 1. The Morgan fingerprint density at radius 1 is 0.931 bits per heavy atom. The van der Waals surface area contributed by atoms with E-state index < -0.39 is 11.7 Å². The number of benzene rings is 3. The van der Waals surface area contributed by atoms with Crippen LogP contribution < -0.4 is 10.7 Å². The molecule has 1 aromatic heterocycles. The number of nitrogens with zero attached hydrogens (tertiary/aromatic N) is 1. The van der Waals surface area contributed by atoms with E-state index in [1.54, 1.807) is 6.07 Å². The van der Waals surface area contributed by atoms with Gasteiger partial charge in [0.1, 0.15) is 11.6 Å². The summed E-state index contributed by atoms with van der Waals surface area (Å²) in [5.41, 5.74) is 2.06. The molecule has 0 unspecified atom stereocenters. The molecule has 0 aliphatic rings. The number of carbonyl (C=O) groups excluding carboxylic acids is 1. The maximum Gasteiger partial charge on any atom is 0.256 e. The molecule has 3 aromatic carbocycles. The molecule has 0 spiro atoms. The molecule has 1 heterocycles. The average molecular weight is 386 g/mol. The summed E-state index contributed by atoms with van der Waals surface area (Å²) in [5.74, 6) is -0.390. The fourth-order valence-electron chi connectivity index (χ4n) is 3.51. The molecule has 0 radical (unpaired) electrons. The van der Waals surface area contributed by atoms with Gasteiger partial charge in [-0.2, -0.15) is 0 Å². The van der Waals surface area contributed by atoms with Crippen LogP contribution in [0.1, 0.15) is 17.3 Å². The second-order valence-corrected chi connectivity index (χ2v) is 6.64. The molecule has 0 saturated heterocycles. The minimum Gasteiger partial charge on any atom is -0.327 e. The number of pyridine rings is 1. The standard InChI is InChI=1S/C24H19FN2O2/c1-2-27-20-11-7-6-10-19(20)22(28)21(16-8-4-3-5-9-16)23(27)26-24(29)17-12-14-18(25)15-13-17/h3-15H,2H2,1H3,(H,26,29). The first kappa shape index (κ1) is 18.6. The van der Waals surface area contributed by atoms with Crippen LogP contribution in [0.15, 0.2) is 83.7 Å². The first-order valence-corrected chi connectivity index (χ1v) is 9.38. The normalized spacial score (nSPS) is 10.8. The van der Waals surface area contributed by atoms with E-state index in [9.17, 15) is 14.0 Å². The van der Waals surface area contributed by atoms with Crippen LogP contribution in [-0.2, 0) is 6.54 Å². The zero-order chi connectivity index (χ0) is 20.4. The molecule has 1 amide bonds. The quantitative estimate of drug-likeness (QED) is 0.532. The maximum absolute atomic E-state index is 13.4. The SMILES string of the molecule is CCn1c(NC(=O)c2ccc(F)cc2)c(-c2ccccc2)c(=O)c2ccccc21. The number of nitrogens with one attached hydrogen (secondary N) is 1. The average Bonchev–Trinajstić information content (AvgIpc) is 2.75. The van der Waals surface area contributed by atoms with Crippen molar-refractivity contribution in [2.24, 2.45) is 0 Å². The summed E-state index contributed by atoms with van der Waals surface area (Å²) in [6.07, 6.45) is 0. The van der Waals surface area contributed by atoms with Crippen molar-refractivity contribution in [2.45, 2.75) is 13.5 Å². The first-order valence-electron chi connectivity index (χ1n) is 9.38. The zero-order valence-electron chi connectivity index (χ0n) is 15.9. The number of halogens is 1. The number of aryl methyl sites for hydroxylation is 1. The maximum atomic E-state index is 13.4. The van der Waals surface area contributed by atoms with Gasteiger partial charge < -0.3 is 9.88 Å². The number of hydrogen-bond acceptors (Lipinski definition) is 2. The van der Waals surface area contributed by atoms with Crippen LogP contribution in [0.4, 0.5) is 10.2 Å². The Morgan fingerprint density at radius 3 is 2.28 bits per heavy atom. The number of anilines is 1.